The summed E-state index contributed by atoms with van der Waals surface area (Å²) in [5.41, 5.74) is 2.21. The third-order valence-electron chi connectivity index (χ3n) is 3.28. The van der Waals surface area contributed by atoms with Gasteiger partial charge in [0.15, 0.2) is 5.79 Å². The van der Waals surface area contributed by atoms with Gasteiger partial charge in [0, 0.05) is 12.8 Å². The molecule has 0 amide bonds. The third kappa shape index (κ3) is 1.43. The van der Waals surface area contributed by atoms with Crippen LogP contribution in [0.5, 0.6) is 5.75 Å². The molecule has 1 aliphatic heterocycles. The Morgan fingerprint density at radius 2 is 2.00 bits per heavy atom. The van der Waals surface area contributed by atoms with E-state index in [-0.39, 0.29) is 0 Å². The lowest BCUT2D eigenvalue weighted by atomic mass is 9.87. The van der Waals surface area contributed by atoms with Crippen LogP contribution in [0.25, 0.3) is 0 Å². The largest absolute Gasteiger partial charge is 0.508 e. The monoisotopic (exact) mass is 206 g/mol. The Hall–Kier alpha value is -1.06. The van der Waals surface area contributed by atoms with Gasteiger partial charge in [-0.25, -0.2) is 0 Å². The molecule has 3 heteroatoms. The first-order chi connectivity index (χ1) is 7.29. The Labute approximate surface area is 88.6 Å². The van der Waals surface area contributed by atoms with E-state index >= 15 is 0 Å². The quantitative estimate of drug-likeness (QED) is 0.701. The van der Waals surface area contributed by atoms with E-state index in [1.165, 1.54) is 0 Å². The lowest BCUT2D eigenvalue weighted by molar-refractivity contribution is -0.163. The fourth-order valence-corrected chi connectivity index (χ4v) is 2.51. The van der Waals surface area contributed by atoms with Crippen LogP contribution in [0, 0.1) is 0 Å². The molecule has 2 aliphatic rings. The van der Waals surface area contributed by atoms with Gasteiger partial charge < -0.3 is 14.6 Å². The summed E-state index contributed by atoms with van der Waals surface area (Å²) < 4.78 is 11.3. The van der Waals surface area contributed by atoms with E-state index in [0.717, 1.165) is 30.4 Å². The Morgan fingerprint density at radius 1 is 1.20 bits per heavy atom. The van der Waals surface area contributed by atoms with Crippen LogP contribution < -0.4 is 0 Å². The molecule has 0 unspecified atom stereocenters. The number of ether oxygens (including phenoxy) is 2. The van der Waals surface area contributed by atoms with Crippen molar-refractivity contribution in [3.63, 3.8) is 0 Å². The van der Waals surface area contributed by atoms with Crippen molar-refractivity contribution in [2.75, 3.05) is 13.2 Å². The second-order valence-corrected chi connectivity index (χ2v) is 4.20. The van der Waals surface area contributed by atoms with Crippen molar-refractivity contribution < 1.29 is 14.6 Å². The molecule has 3 rings (SSSR count). The minimum atomic E-state index is -0.402. The highest BCUT2D eigenvalue weighted by molar-refractivity contribution is 5.41. The van der Waals surface area contributed by atoms with E-state index in [2.05, 4.69) is 0 Å². The van der Waals surface area contributed by atoms with Gasteiger partial charge in [-0.15, -0.1) is 0 Å². The molecule has 3 nitrogen and oxygen atoms in total. The van der Waals surface area contributed by atoms with Crippen molar-refractivity contribution in [1.82, 2.24) is 0 Å². The summed E-state index contributed by atoms with van der Waals surface area (Å²) in [6, 6.07) is 5.66. The van der Waals surface area contributed by atoms with Crippen LogP contribution in [0.1, 0.15) is 17.5 Å². The third-order valence-corrected chi connectivity index (χ3v) is 3.28. The van der Waals surface area contributed by atoms with Gasteiger partial charge >= 0.3 is 0 Å². The number of hydrogen-bond donors (Lipinski definition) is 1. The fourth-order valence-electron chi connectivity index (χ4n) is 2.51. The van der Waals surface area contributed by atoms with Crippen LogP contribution in [-0.4, -0.2) is 24.1 Å². The number of fused-ring (bicyclic) bond motifs is 1. The summed E-state index contributed by atoms with van der Waals surface area (Å²) in [4.78, 5) is 0. The summed E-state index contributed by atoms with van der Waals surface area (Å²) >= 11 is 0. The van der Waals surface area contributed by atoms with E-state index in [1.54, 1.807) is 6.07 Å². The van der Waals surface area contributed by atoms with Gasteiger partial charge in [-0.1, -0.05) is 12.1 Å². The van der Waals surface area contributed by atoms with Gasteiger partial charge in [-0.05, 0) is 23.6 Å². The first-order valence-electron chi connectivity index (χ1n) is 5.37. The van der Waals surface area contributed by atoms with Gasteiger partial charge in [0.1, 0.15) is 5.75 Å². The molecule has 1 heterocycles. The number of phenols is 1. The minimum absolute atomic E-state index is 0.402. The summed E-state index contributed by atoms with van der Waals surface area (Å²) in [6.45, 7) is 1.38. The van der Waals surface area contributed by atoms with Crippen molar-refractivity contribution >= 4 is 0 Å². The summed E-state index contributed by atoms with van der Waals surface area (Å²) in [5, 5.41) is 9.71. The molecule has 0 aromatic heterocycles. The maximum Gasteiger partial charge on any atom is 0.172 e. The standard InChI is InChI=1S/C12H14O3/c13-11-3-1-2-9-8-12(5-4-10(9)11)14-6-7-15-12/h1-3,13H,4-8H2. The second-order valence-electron chi connectivity index (χ2n) is 4.20. The number of hydrogen-bond acceptors (Lipinski definition) is 3. The average molecular weight is 206 g/mol. The zero-order valence-electron chi connectivity index (χ0n) is 8.53. The molecule has 1 fully saturated rings. The van der Waals surface area contributed by atoms with Crippen molar-refractivity contribution in [2.24, 2.45) is 0 Å². The molecular weight excluding hydrogens is 192 g/mol. The second kappa shape index (κ2) is 3.22. The predicted octanol–water partition coefficient (Wildman–Crippen LogP) is 1.62. The van der Waals surface area contributed by atoms with Gasteiger partial charge in [-0.3, -0.25) is 0 Å². The highest BCUT2D eigenvalue weighted by Gasteiger charge is 2.40. The van der Waals surface area contributed by atoms with Gasteiger partial charge in [-0.2, -0.15) is 0 Å². The lowest BCUT2D eigenvalue weighted by Crippen LogP contribution is -2.36. The van der Waals surface area contributed by atoms with Crippen molar-refractivity contribution in [3.05, 3.63) is 29.3 Å². The van der Waals surface area contributed by atoms with Crippen LogP contribution in [0.4, 0.5) is 0 Å². The molecule has 1 N–H and O–H groups in total. The molecule has 1 aliphatic carbocycles. The molecule has 0 radical (unpaired) electrons. The van der Waals surface area contributed by atoms with E-state index < -0.39 is 5.79 Å². The molecule has 15 heavy (non-hydrogen) atoms. The van der Waals surface area contributed by atoms with E-state index in [9.17, 15) is 5.11 Å². The Morgan fingerprint density at radius 3 is 2.80 bits per heavy atom. The highest BCUT2D eigenvalue weighted by atomic mass is 16.7. The molecular formula is C12H14O3. The molecule has 1 aromatic rings. The zero-order valence-corrected chi connectivity index (χ0v) is 8.53. The Balaban J connectivity index is 1.96. The Bertz CT molecular complexity index is 380. The molecule has 0 bridgehead atoms. The lowest BCUT2D eigenvalue weighted by Gasteiger charge is -2.32. The number of benzene rings is 1. The SMILES string of the molecule is Oc1cccc2c1CCC1(C2)OCCO1. The van der Waals surface area contributed by atoms with Gasteiger partial charge in [0.05, 0.1) is 13.2 Å². The number of aromatic hydroxyl groups is 1. The van der Waals surface area contributed by atoms with Crippen molar-refractivity contribution in [3.8, 4) is 5.75 Å². The van der Waals surface area contributed by atoms with Crippen molar-refractivity contribution in [2.45, 2.75) is 25.0 Å². The van der Waals surface area contributed by atoms with Crippen LogP contribution in [0.3, 0.4) is 0 Å². The fraction of sp³-hybridized carbons (Fsp3) is 0.500. The molecule has 1 aromatic carbocycles. The molecule has 1 saturated heterocycles. The molecule has 0 atom stereocenters. The summed E-state index contributed by atoms with van der Waals surface area (Å²) in [5.74, 6) is 0.00111. The molecule has 1 spiro atoms. The average Bonchev–Trinajstić information content (AvgIpc) is 2.66. The topological polar surface area (TPSA) is 38.7 Å². The van der Waals surface area contributed by atoms with E-state index in [4.69, 9.17) is 9.47 Å². The van der Waals surface area contributed by atoms with E-state index in [0.29, 0.717) is 19.0 Å². The first kappa shape index (κ1) is 9.19. The van der Waals surface area contributed by atoms with Crippen LogP contribution in [-0.2, 0) is 22.3 Å². The zero-order chi connectivity index (χ0) is 10.3. The van der Waals surface area contributed by atoms with Gasteiger partial charge in [0.25, 0.3) is 0 Å². The van der Waals surface area contributed by atoms with Gasteiger partial charge in [0.2, 0.25) is 0 Å². The summed E-state index contributed by atoms with van der Waals surface area (Å²) in [6.07, 6.45) is 2.44. The molecule has 80 valence electrons. The van der Waals surface area contributed by atoms with Crippen LogP contribution in [0.2, 0.25) is 0 Å². The first-order valence-corrected chi connectivity index (χ1v) is 5.37. The minimum Gasteiger partial charge on any atom is -0.508 e. The smallest absolute Gasteiger partial charge is 0.172 e. The normalized spacial score (nSPS) is 22.9. The Kier molecular flexibility index (Phi) is 1.97. The number of phenolic OH excluding ortho intramolecular Hbond substituents is 1. The van der Waals surface area contributed by atoms with Crippen LogP contribution in [0.15, 0.2) is 18.2 Å². The predicted molar refractivity (Wildman–Crippen MR) is 54.8 cm³/mol. The maximum absolute atomic E-state index is 9.71. The van der Waals surface area contributed by atoms with Crippen LogP contribution >= 0.6 is 0 Å². The molecule has 0 saturated carbocycles. The summed E-state index contributed by atoms with van der Waals surface area (Å²) in [7, 11) is 0. The maximum atomic E-state index is 9.71. The highest BCUT2D eigenvalue weighted by Crippen LogP contribution is 2.38. The van der Waals surface area contributed by atoms with Crippen molar-refractivity contribution in [1.29, 1.82) is 0 Å². The van der Waals surface area contributed by atoms with E-state index in [1.807, 2.05) is 12.1 Å². The number of rotatable bonds is 0.